The second-order valence-electron chi connectivity index (χ2n) is 16.6. The molecule has 1 aromatic carbocycles. The number of ketones is 2. The van der Waals surface area contributed by atoms with E-state index in [0.717, 1.165) is 57.8 Å². The first-order valence-corrected chi connectivity index (χ1v) is 24.0. The monoisotopic (exact) mass is 981 g/mol. The van der Waals surface area contributed by atoms with Gasteiger partial charge in [-0.3, -0.25) is 28.8 Å². The molecule has 7 N–H and O–H groups in total. The molecular weight excluding hydrogens is 905 g/mol. The third-order valence-electron chi connectivity index (χ3n) is 10.6. The van der Waals surface area contributed by atoms with Crippen molar-refractivity contribution >= 4 is 53.1 Å². The Morgan fingerprint density at radius 2 is 1.03 bits per heavy atom. The lowest BCUT2D eigenvalue weighted by Gasteiger charge is -2.17. The first-order valence-electron chi connectivity index (χ1n) is 24.0. The summed E-state index contributed by atoms with van der Waals surface area (Å²) in [5.74, 6) is -4.87. The first kappa shape index (κ1) is 61.5. The molecule has 1 aromatic rings. The minimum absolute atomic E-state index is 0.0367. The van der Waals surface area contributed by atoms with Crippen LogP contribution in [0.1, 0.15) is 133 Å². The molecular formula is C48H76N4O17. The van der Waals surface area contributed by atoms with E-state index in [1.807, 2.05) is 6.92 Å². The van der Waals surface area contributed by atoms with E-state index in [1.54, 1.807) is 19.1 Å². The Bertz CT molecular complexity index is 1690. The number of aliphatic carboxylic acids is 2. The number of aromatic carboxylic acids is 1. The Labute approximate surface area is 404 Å². The van der Waals surface area contributed by atoms with Crippen LogP contribution in [0.2, 0.25) is 0 Å². The van der Waals surface area contributed by atoms with Crippen molar-refractivity contribution in [3.8, 4) is 5.75 Å². The largest absolute Gasteiger partial charge is 0.494 e. The highest BCUT2D eigenvalue weighted by Crippen LogP contribution is 2.14. The van der Waals surface area contributed by atoms with Crippen molar-refractivity contribution in [2.24, 2.45) is 5.92 Å². The summed E-state index contributed by atoms with van der Waals surface area (Å²) in [5, 5.41) is 38.2. The molecule has 0 saturated heterocycles. The number of ether oxygens (including phenoxy) is 5. The molecule has 21 heteroatoms. The fourth-order valence-corrected chi connectivity index (χ4v) is 6.40. The zero-order chi connectivity index (χ0) is 51.1. The molecule has 0 radical (unpaired) electrons. The molecule has 390 valence electrons. The van der Waals surface area contributed by atoms with Gasteiger partial charge in [0.05, 0.1) is 45.2 Å². The number of hydrogen-bond donors (Lipinski definition) is 7. The molecule has 0 bridgehead atoms. The van der Waals surface area contributed by atoms with Crippen LogP contribution < -0.4 is 26.0 Å². The van der Waals surface area contributed by atoms with E-state index < -0.39 is 47.7 Å². The summed E-state index contributed by atoms with van der Waals surface area (Å²) in [4.78, 5) is 107. The smallest absolute Gasteiger partial charge is 0.335 e. The maximum absolute atomic E-state index is 12.5. The number of carboxylic acids is 3. The summed E-state index contributed by atoms with van der Waals surface area (Å²) in [6.07, 6.45) is 8.24. The predicted molar refractivity (Wildman–Crippen MR) is 251 cm³/mol. The van der Waals surface area contributed by atoms with E-state index in [9.17, 15) is 53.4 Å². The normalized spacial score (nSPS) is 12.3. The minimum atomic E-state index is -1.40. The van der Waals surface area contributed by atoms with Gasteiger partial charge in [0.15, 0.2) is 5.78 Å². The quantitative estimate of drug-likeness (QED) is 0.0459. The van der Waals surface area contributed by atoms with Gasteiger partial charge in [-0.2, -0.15) is 0 Å². The number of carbonyl (C=O) groups is 9. The highest BCUT2D eigenvalue weighted by molar-refractivity contribution is 5.88. The Balaban J connectivity index is 2.06. The lowest BCUT2D eigenvalue weighted by Crippen LogP contribution is -2.44. The van der Waals surface area contributed by atoms with Gasteiger partial charge in [-0.15, -0.1) is 0 Å². The van der Waals surface area contributed by atoms with Crippen LogP contribution >= 0.6 is 0 Å². The van der Waals surface area contributed by atoms with Gasteiger partial charge in [0, 0.05) is 51.3 Å². The molecule has 0 saturated carbocycles. The minimum Gasteiger partial charge on any atom is -0.494 e. The van der Waals surface area contributed by atoms with Crippen LogP contribution in [-0.4, -0.2) is 153 Å². The van der Waals surface area contributed by atoms with Crippen molar-refractivity contribution in [1.82, 2.24) is 21.3 Å². The summed E-state index contributed by atoms with van der Waals surface area (Å²) in [6.45, 7) is 5.81. The van der Waals surface area contributed by atoms with E-state index in [4.69, 9.17) is 28.8 Å². The second-order valence-corrected chi connectivity index (χ2v) is 16.6. The van der Waals surface area contributed by atoms with E-state index in [1.165, 1.54) is 12.1 Å². The van der Waals surface area contributed by atoms with Gasteiger partial charge in [-0.05, 0) is 76.1 Å². The number of nitrogens with one attached hydrogen (secondary N) is 4. The van der Waals surface area contributed by atoms with Crippen molar-refractivity contribution in [3.63, 3.8) is 0 Å². The fraction of sp³-hybridized carbons (Fsp3) is 0.688. The average Bonchev–Trinajstić information content (AvgIpc) is 3.30. The van der Waals surface area contributed by atoms with E-state index in [0.29, 0.717) is 38.3 Å². The van der Waals surface area contributed by atoms with Crippen LogP contribution in [0.5, 0.6) is 5.75 Å². The first-order chi connectivity index (χ1) is 33.1. The summed E-state index contributed by atoms with van der Waals surface area (Å²) in [6, 6.07) is 3.48. The van der Waals surface area contributed by atoms with E-state index in [-0.39, 0.29) is 120 Å². The Morgan fingerprint density at radius 3 is 1.64 bits per heavy atom. The number of unbranched alkanes of at least 4 members (excludes halogenated alkanes) is 7. The van der Waals surface area contributed by atoms with E-state index >= 15 is 0 Å². The molecule has 0 aromatic heterocycles. The van der Waals surface area contributed by atoms with Gasteiger partial charge in [-0.1, -0.05) is 45.4 Å². The van der Waals surface area contributed by atoms with Gasteiger partial charge >= 0.3 is 17.9 Å². The summed E-state index contributed by atoms with van der Waals surface area (Å²) < 4.78 is 27.1. The second kappa shape index (κ2) is 39.3. The van der Waals surface area contributed by atoms with Crippen molar-refractivity contribution in [3.05, 3.63) is 29.8 Å². The maximum Gasteiger partial charge on any atom is 0.335 e. The average molecular weight is 981 g/mol. The third-order valence-corrected chi connectivity index (χ3v) is 10.6. The zero-order valence-corrected chi connectivity index (χ0v) is 40.4. The molecule has 0 unspecified atom stereocenters. The van der Waals surface area contributed by atoms with Crippen LogP contribution in [0.4, 0.5) is 0 Å². The van der Waals surface area contributed by atoms with Gasteiger partial charge in [0.2, 0.25) is 23.6 Å². The number of hydrogen-bond acceptors (Lipinski definition) is 14. The topological polar surface area (TPSA) is 309 Å². The Kier molecular flexibility index (Phi) is 35.1. The summed E-state index contributed by atoms with van der Waals surface area (Å²) in [5.41, 5.74) is 0.196. The number of rotatable bonds is 45. The molecule has 0 spiro atoms. The number of carbonyl (C=O) groups excluding carboxylic acids is 6. The highest BCUT2D eigenvalue weighted by Gasteiger charge is 2.24. The van der Waals surface area contributed by atoms with Gasteiger partial charge in [0.1, 0.15) is 36.8 Å². The molecule has 21 nitrogen and oxygen atoms in total. The molecule has 0 aliphatic carbocycles. The van der Waals surface area contributed by atoms with Crippen molar-refractivity contribution < 1.29 is 82.2 Å². The Morgan fingerprint density at radius 1 is 0.493 bits per heavy atom. The molecule has 0 heterocycles. The highest BCUT2D eigenvalue weighted by atomic mass is 16.5. The maximum atomic E-state index is 12.5. The Hall–Kier alpha value is -5.51. The van der Waals surface area contributed by atoms with Crippen LogP contribution in [0.3, 0.4) is 0 Å². The van der Waals surface area contributed by atoms with Crippen LogP contribution in [0, 0.1) is 5.92 Å². The molecule has 4 amide bonds. The van der Waals surface area contributed by atoms with Gasteiger partial charge in [-0.25, -0.2) is 14.4 Å². The molecule has 69 heavy (non-hydrogen) atoms. The standard InChI is InChI=1S/C48H76N4O17/c1-35(36(2)53)13-9-10-24-49-45(58)34-68-32-29-65-26-12-14-38(54)33-67-31-30-66-28-25-50-42(55)22-20-40(47(61)62)52-44(57)23-21-41(48(63)64)51-43(56)15-8-6-4-3-5-7-11-27-69-39-18-16-37(17-19-39)46(59)60/h16-19,35,40-41H,3-15,20-34H2,1-2H3,(H,49,58)(H,50,55)(H,51,56)(H,52,57)(H,59,60)(H,61,62)(H,63,64)/t35-,40-,41-/m0/s1. The number of amides is 4. The lowest BCUT2D eigenvalue weighted by atomic mass is 10.0. The van der Waals surface area contributed by atoms with Crippen LogP contribution in [0.15, 0.2) is 24.3 Å². The van der Waals surface area contributed by atoms with Crippen LogP contribution in [0.25, 0.3) is 0 Å². The number of Topliss-reactive ketones (excluding diaryl/α,β-unsaturated/α-hetero) is 2. The molecule has 0 aliphatic heterocycles. The SMILES string of the molecule is CC(=O)[C@@H](C)CCCCNC(=O)COCCOCCCC(=O)COCCOCCNC(=O)CC[C@H](NC(=O)CC[C@H](NC(=O)CCCCCCCCCOc1ccc(C(=O)O)cc1)C(=O)O)C(=O)O. The molecule has 0 aliphatic rings. The molecule has 1 rings (SSSR count). The van der Waals surface area contributed by atoms with Gasteiger partial charge < -0.3 is 60.3 Å². The fourth-order valence-electron chi connectivity index (χ4n) is 6.40. The number of benzene rings is 1. The third kappa shape index (κ3) is 34.4. The number of carboxylic acid groups (broad SMARTS) is 3. The predicted octanol–water partition coefficient (Wildman–Crippen LogP) is 3.63. The van der Waals surface area contributed by atoms with Crippen molar-refractivity contribution in [2.75, 3.05) is 72.6 Å². The van der Waals surface area contributed by atoms with Crippen molar-refractivity contribution in [1.29, 1.82) is 0 Å². The summed E-state index contributed by atoms with van der Waals surface area (Å²) >= 11 is 0. The van der Waals surface area contributed by atoms with Crippen molar-refractivity contribution in [2.45, 2.75) is 135 Å². The molecule has 3 atom stereocenters. The molecule has 0 fully saturated rings. The van der Waals surface area contributed by atoms with Crippen LogP contribution in [-0.2, 0) is 57.3 Å². The van der Waals surface area contributed by atoms with Gasteiger partial charge in [0.25, 0.3) is 0 Å². The summed E-state index contributed by atoms with van der Waals surface area (Å²) in [7, 11) is 0. The van der Waals surface area contributed by atoms with E-state index in [2.05, 4.69) is 21.3 Å². The lowest BCUT2D eigenvalue weighted by molar-refractivity contribution is -0.143. The zero-order valence-electron chi connectivity index (χ0n) is 40.4.